The lowest BCUT2D eigenvalue weighted by molar-refractivity contribution is -0.0322. The Morgan fingerprint density at radius 2 is 1.45 bits per heavy atom. The number of ether oxygens (including phenoxy) is 1. The van der Waals surface area contributed by atoms with Crippen molar-refractivity contribution < 1.29 is 9.84 Å². The molecule has 2 heteroatoms. The SMILES string of the molecule is CCCCCCCCCCCC[C@H](O)[C@@H]1CC[C@H](C)O1. The first kappa shape index (κ1) is 18.0. The summed E-state index contributed by atoms with van der Waals surface area (Å²) in [6.45, 7) is 4.37. The van der Waals surface area contributed by atoms with Crippen LogP contribution in [0.5, 0.6) is 0 Å². The van der Waals surface area contributed by atoms with E-state index in [9.17, 15) is 5.11 Å². The highest BCUT2D eigenvalue weighted by molar-refractivity contribution is 4.77. The third kappa shape index (κ3) is 8.26. The Labute approximate surface area is 126 Å². The molecule has 1 aliphatic heterocycles. The molecule has 0 spiro atoms. The molecular formula is C18H36O2. The smallest absolute Gasteiger partial charge is 0.0838 e. The van der Waals surface area contributed by atoms with Crippen LogP contribution in [0, 0.1) is 0 Å². The van der Waals surface area contributed by atoms with Crippen molar-refractivity contribution in [1.82, 2.24) is 0 Å². The molecular weight excluding hydrogens is 248 g/mol. The third-order valence-corrected chi connectivity index (χ3v) is 4.55. The number of rotatable bonds is 12. The fourth-order valence-electron chi connectivity index (χ4n) is 3.14. The largest absolute Gasteiger partial charge is 0.390 e. The van der Waals surface area contributed by atoms with Crippen LogP contribution >= 0.6 is 0 Å². The van der Waals surface area contributed by atoms with Gasteiger partial charge in [0.1, 0.15) is 0 Å². The molecule has 1 heterocycles. The molecule has 0 aromatic rings. The molecule has 1 N–H and O–H groups in total. The van der Waals surface area contributed by atoms with Crippen LogP contribution in [0.2, 0.25) is 0 Å². The third-order valence-electron chi connectivity index (χ3n) is 4.55. The van der Waals surface area contributed by atoms with Gasteiger partial charge in [0, 0.05) is 0 Å². The van der Waals surface area contributed by atoms with Gasteiger partial charge < -0.3 is 9.84 Å². The van der Waals surface area contributed by atoms with Crippen LogP contribution in [0.1, 0.15) is 97.3 Å². The first-order chi connectivity index (χ1) is 9.74. The van der Waals surface area contributed by atoms with Gasteiger partial charge in [-0.25, -0.2) is 0 Å². The van der Waals surface area contributed by atoms with E-state index in [2.05, 4.69) is 13.8 Å². The lowest BCUT2D eigenvalue weighted by Crippen LogP contribution is -2.25. The predicted molar refractivity (Wildman–Crippen MR) is 86.0 cm³/mol. The van der Waals surface area contributed by atoms with Gasteiger partial charge in [0.25, 0.3) is 0 Å². The molecule has 0 unspecified atom stereocenters. The van der Waals surface area contributed by atoms with Gasteiger partial charge in [-0.3, -0.25) is 0 Å². The second kappa shape index (κ2) is 11.6. The summed E-state index contributed by atoms with van der Waals surface area (Å²) in [6.07, 6.45) is 16.8. The lowest BCUT2D eigenvalue weighted by atomic mass is 10.0. The van der Waals surface area contributed by atoms with Gasteiger partial charge in [0.2, 0.25) is 0 Å². The lowest BCUT2D eigenvalue weighted by Gasteiger charge is -2.18. The molecule has 0 bridgehead atoms. The maximum absolute atomic E-state index is 10.1. The van der Waals surface area contributed by atoms with Gasteiger partial charge in [-0.2, -0.15) is 0 Å². The van der Waals surface area contributed by atoms with Gasteiger partial charge in [0.15, 0.2) is 0 Å². The van der Waals surface area contributed by atoms with E-state index in [4.69, 9.17) is 4.74 Å². The molecule has 1 aliphatic rings. The standard InChI is InChI=1S/C18H36O2/c1-3-4-5-6-7-8-9-10-11-12-13-17(19)18-15-14-16(2)20-18/h16-19H,3-15H2,1-2H3/t16-,17-,18-/m0/s1. The van der Waals surface area contributed by atoms with Crippen molar-refractivity contribution in [2.75, 3.05) is 0 Å². The molecule has 1 rings (SSSR count). The first-order valence-corrected chi connectivity index (χ1v) is 9.07. The highest BCUT2D eigenvalue weighted by Gasteiger charge is 2.27. The van der Waals surface area contributed by atoms with Gasteiger partial charge in [-0.1, -0.05) is 71.1 Å². The van der Waals surface area contributed by atoms with Crippen LogP contribution in [0.25, 0.3) is 0 Å². The average Bonchev–Trinajstić information content (AvgIpc) is 2.87. The molecule has 3 atom stereocenters. The van der Waals surface area contributed by atoms with Crippen molar-refractivity contribution in [3.8, 4) is 0 Å². The van der Waals surface area contributed by atoms with Crippen LogP contribution in [0.4, 0.5) is 0 Å². The highest BCUT2D eigenvalue weighted by Crippen LogP contribution is 2.24. The molecule has 0 aliphatic carbocycles. The van der Waals surface area contributed by atoms with E-state index in [0.29, 0.717) is 6.10 Å². The van der Waals surface area contributed by atoms with E-state index in [1.54, 1.807) is 0 Å². The van der Waals surface area contributed by atoms with E-state index in [1.807, 2.05) is 0 Å². The number of hydrogen-bond donors (Lipinski definition) is 1. The predicted octanol–water partition coefficient (Wildman–Crippen LogP) is 5.23. The van der Waals surface area contributed by atoms with Crippen LogP contribution < -0.4 is 0 Å². The van der Waals surface area contributed by atoms with Crippen molar-refractivity contribution in [1.29, 1.82) is 0 Å². The fraction of sp³-hybridized carbons (Fsp3) is 1.00. The molecule has 0 radical (unpaired) electrons. The minimum atomic E-state index is -0.228. The topological polar surface area (TPSA) is 29.5 Å². The van der Waals surface area contributed by atoms with Crippen molar-refractivity contribution in [3.05, 3.63) is 0 Å². The highest BCUT2D eigenvalue weighted by atomic mass is 16.5. The molecule has 0 aromatic heterocycles. The Kier molecular flexibility index (Phi) is 10.4. The Hall–Kier alpha value is -0.0800. The normalized spacial score (nSPS) is 24.1. The maximum atomic E-state index is 10.1. The molecule has 120 valence electrons. The molecule has 0 aromatic carbocycles. The number of hydrogen-bond acceptors (Lipinski definition) is 2. The zero-order valence-electron chi connectivity index (χ0n) is 13.8. The maximum Gasteiger partial charge on any atom is 0.0838 e. The second-order valence-electron chi connectivity index (χ2n) is 6.60. The van der Waals surface area contributed by atoms with E-state index in [1.165, 1.54) is 57.8 Å². The van der Waals surface area contributed by atoms with Crippen LogP contribution in [-0.2, 0) is 4.74 Å². The monoisotopic (exact) mass is 284 g/mol. The number of aliphatic hydroxyl groups excluding tert-OH is 1. The van der Waals surface area contributed by atoms with E-state index in [0.717, 1.165) is 25.7 Å². The van der Waals surface area contributed by atoms with Crippen molar-refractivity contribution in [3.63, 3.8) is 0 Å². The summed E-state index contributed by atoms with van der Waals surface area (Å²) in [5, 5.41) is 10.1. The molecule has 2 nitrogen and oxygen atoms in total. The molecule has 20 heavy (non-hydrogen) atoms. The Bertz CT molecular complexity index is 217. The van der Waals surface area contributed by atoms with Crippen LogP contribution in [-0.4, -0.2) is 23.4 Å². The van der Waals surface area contributed by atoms with Crippen molar-refractivity contribution in [2.24, 2.45) is 0 Å². The van der Waals surface area contributed by atoms with Crippen molar-refractivity contribution in [2.45, 2.75) is 116 Å². The summed E-state index contributed by atoms with van der Waals surface area (Å²) in [5.74, 6) is 0. The number of aliphatic hydroxyl groups is 1. The Morgan fingerprint density at radius 3 is 1.95 bits per heavy atom. The molecule has 1 saturated heterocycles. The summed E-state index contributed by atoms with van der Waals surface area (Å²) in [4.78, 5) is 0. The summed E-state index contributed by atoms with van der Waals surface area (Å²) in [7, 11) is 0. The fourth-order valence-corrected chi connectivity index (χ4v) is 3.14. The van der Waals surface area contributed by atoms with Gasteiger partial charge in [-0.15, -0.1) is 0 Å². The first-order valence-electron chi connectivity index (χ1n) is 9.07. The summed E-state index contributed by atoms with van der Waals surface area (Å²) in [5.41, 5.74) is 0. The van der Waals surface area contributed by atoms with Crippen LogP contribution in [0.15, 0.2) is 0 Å². The zero-order chi connectivity index (χ0) is 14.6. The van der Waals surface area contributed by atoms with E-state index < -0.39 is 0 Å². The summed E-state index contributed by atoms with van der Waals surface area (Å²) in [6, 6.07) is 0. The van der Waals surface area contributed by atoms with Gasteiger partial charge >= 0.3 is 0 Å². The molecule has 0 saturated carbocycles. The summed E-state index contributed by atoms with van der Waals surface area (Å²) >= 11 is 0. The van der Waals surface area contributed by atoms with E-state index >= 15 is 0 Å². The zero-order valence-corrected chi connectivity index (χ0v) is 13.8. The van der Waals surface area contributed by atoms with Crippen molar-refractivity contribution >= 4 is 0 Å². The van der Waals surface area contributed by atoms with E-state index in [-0.39, 0.29) is 12.2 Å². The minimum absolute atomic E-state index is 0.114. The minimum Gasteiger partial charge on any atom is -0.390 e. The van der Waals surface area contributed by atoms with Gasteiger partial charge in [0.05, 0.1) is 18.3 Å². The van der Waals surface area contributed by atoms with Gasteiger partial charge in [-0.05, 0) is 26.2 Å². The Morgan fingerprint density at radius 1 is 0.900 bits per heavy atom. The number of unbranched alkanes of at least 4 members (excludes halogenated alkanes) is 9. The Balaban J connectivity index is 1.82. The molecule has 1 fully saturated rings. The second-order valence-corrected chi connectivity index (χ2v) is 6.60. The quantitative estimate of drug-likeness (QED) is 0.497. The summed E-state index contributed by atoms with van der Waals surface area (Å²) < 4.78 is 5.72. The average molecular weight is 284 g/mol. The van der Waals surface area contributed by atoms with Crippen LogP contribution in [0.3, 0.4) is 0 Å². The molecule has 0 amide bonds.